The van der Waals surface area contributed by atoms with Gasteiger partial charge in [-0.1, -0.05) is 29.8 Å². The summed E-state index contributed by atoms with van der Waals surface area (Å²) in [6, 6.07) is 8.17. The van der Waals surface area contributed by atoms with Gasteiger partial charge in [0.2, 0.25) is 0 Å². The van der Waals surface area contributed by atoms with Crippen LogP contribution < -0.4 is 0 Å². The van der Waals surface area contributed by atoms with Crippen LogP contribution in [0.15, 0.2) is 40.6 Å². The fourth-order valence-electron chi connectivity index (χ4n) is 2.78. The number of carbonyl (C=O) groups is 1. The largest absolute Gasteiger partial charge is 0.511 e. The first-order valence-corrected chi connectivity index (χ1v) is 7.83. The molecule has 0 saturated heterocycles. The van der Waals surface area contributed by atoms with Crippen molar-refractivity contribution in [2.75, 3.05) is 12.3 Å². The molecule has 1 unspecified atom stereocenters. The highest BCUT2D eigenvalue weighted by Gasteiger charge is 2.32. The smallest absolute Gasteiger partial charge is 0.169 e. The molecule has 0 spiro atoms. The molecule has 0 saturated carbocycles. The van der Waals surface area contributed by atoms with Crippen molar-refractivity contribution in [3.63, 3.8) is 0 Å². The number of allylic oxidation sites excluding steroid dienone is 1. The summed E-state index contributed by atoms with van der Waals surface area (Å²) in [5.41, 5.74) is 2.78. The van der Waals surface area contributed by atoms with Crippen LogP contribution in [-0.2, 0) is 4.79 Å². The predicted octanol–water partition coefficient (Wildman–Crippen LogP) is 3.40. The van der Waals surface area contributed by atoms with Crippen LogP contribution in [0.2, 0.25) is 0 Å². The molecule has 1 N–H and O–H groups in total. The van der Waals surface area contributed by atoms with Gasteiger partial charge in [-0.3, -0.25) is 9.79 Å². The Balaban J connectivity index is 1.89. The molecule has 104 valence electrons. The third kappa shape index (κ3) is 2.52. The lowest BCUT2D eigenvalue weighted by Crippen LogP contribution is -2.22. The van der Waals surface area contributed by atoms with E-state index in [1.165, 1.54) is 5.56 Å². The topological polar surface area (TPSA) is 49.7 Å². The summed E-state index contributed by atoms with van der Waals surface area (Å²) in [5, 5.41) is 11.0. The molecule has 3 rings (SSSR count). The molecule has 0 radical (unpaired) electrons. The summed E-state index contributed by atoms with van der Waals surface area (Å²) in [6.07, 6.45) is 0.993. The van der Waals surface area contributed by atoms with Gasteiger partial charge in [-0.05, 0) is 18.4 Å². The number of thioether (sulfide) groups is 1. The first-order chi connectivity index (χ1) is 9.65. The molecule has 1 aromatic rings. The Morgan fingerprint density at radius 3 is 2.85 bits per heavy atom. The Bertz CT molecular complexity index is 619. The van der Waals surface area contributed by atoms with E-state index in [1.807, 2.05) is 25.1 Å². The number of aliphatic hydroxyl groups is 1. The van der Waals surface area contributed by atoms with E-state index in [1.54, 1.807) is 11.8 Å². The number of carbonyl (C=O) groups excluding carboxylic acids is 1. The molecule has 20 heavy (non-hydrogen) atoms. The van der Waals surface area contributed by atoms with Crippen molar-refractivity contribution < 1.29 is 9.90 Å². The third-order valence-electron chi connectivity index (χ3n) is 3.75. The third-order valence-corrected chi connectivity index (χ3v) is 4.75. The zero-order chi connectivity index (χ0) is 14.1. The van der Waals surface area contributed by atoms with E-state index in [0.29, 0.717) is 18.4 Å². The van der Waals surface area contributed by atoms with E-state index in [4.69, 9.17) is 0 Å². The number of Topliss-reactive ketones (excluding diaryl/α,β-unsaturated/α-hetero) is 1. The first kappa shape index (κ1) is 13.4. The fraction of sp³-hybridized carbons (Fsp3) is 0.375. The van der Waals surface area contributed by atoms with Crippen molar-refractivity contribution in [2.45, 2.75) is 25.7 Å². The second-order valence-corrected chi connectivity index (χ2v) is 6.38. The average molecular weight is 287 g/mol. The highest BCUT2D eigenvalue weighted by molar-refractivity contribution is 8.14. The number of aliphatic hydroxyl groups excluding tert-OH is 1. The van der Waals surface area contributed by atoms with Gasteiger partial charge in [0.05, 0.1) is 5.57 Å². The molecule has 1 heterocycles. The van der Waals surface area contributed by atoms with Gasteiger partial charge in [-0.25, -0.2) is 0 Å². The van der Waals surface area contributed by atoms with E-state index < -0.39 is 0 Å². The number of benzene rings is 1. The summed E-state index contributed by atoms with van der Waals surface area (Å²) in [6.45, 7) is 2.78. The minimum Gasteiger partial charge on any atom is -0.511 e. The lowest BCUT2D eigenvalue weighted by atomic mass is 9.82. The van der Waals surface area contributed by atoms with Gasteiger partial charge < -0.3 is 5.11 Å². The first-order valence-electron chi connectivity index (χ1n) is 6.84. The van der Waals surface area contributed by atoms with Crippen LogP contribution in [-0.4, -0.2) is 28.2 Å². The van der Waals surface area contributed by atoms with Gasteiger partial charge in [0.1, 0.15) is 10.8 Å². The molecule has 0 aromatic heterocycles. The highest BCUT2D eigenvalue weighted by Crippen LogP contribution is 2.36. The Kier molecular flexibility index (Phi) is 3.66. The molecule has 0 amide bonds. The number of aliphatic imine (C=N–C) groups is 1. The Morgan fingerprint density at radius 2 is 2.20 bits per heavy atom. The standard InChI is InChI=1S/C16H17NO2S/c1-10-3-2-4-11(7-10)12-8-13(18)15(14(19)9-12)16-17-5-6-20-16/h2-4,7,12,18H,5-6,8-9H2,1H3. The van der Waals surface area contributed by atoms with Gasteiger partial charge in [-0.2, -0.15) is 0 Å². The minimum atomic E-state index is 0.0217. The highest BCUT2D eigenvalue weighted by atomic mass is 32.2. The number of ketones is 1. The van der Waals surface area contributed by atoms with Gasteiger partial charge in [0.15, 0.2) is 5.78 Å². The molecule has 0 fully saturated rings. The van der Waals surface area contributed by atoms with Crippen LogP contribution in [0.25, 0.3) is 0 Å². The lowest BCUT2D eigenvalue weighted by molar-refractivity contribution is -0.116. The summed E-state index contributed by atoms with van der Waals surface area (Å²) >= 11 is 1.57. The maximum absolute atomic E-state index is 12.3. The van der Waals surface area contributed by atoms with E-state index >= 15 is 0 Å². The van der Waals surface area contributed by atoms with E-state index in [2.05, 4.69) is 11.1 Å². The van der Waals surface area contributed by atoms with Crippen LogP contribution >= 0.6 is 11.8 Å². The van der Waals surface area contributed by atoms with Crippen molar-refractivity contribution in [3.05, 3.63) is 46.7 Å². The van der Waals surface area contributed by atoms with Crippen LogP contribution in [0.3, 0.4) is 0 Å². The van der Waals surface area contributed by atoms with Gasteiger partial charge in [0.25, 0.3) is 0 Å². The minimum absolute atomic E-state index is 0.0217. The molecule has 2 aliphatic rings. The lowest BCUT2D eigenvalue weighted by Gasteiger charge is -2.23. The summed E-state index contributed by atoms with van der Waals surface area (Å²) in [5.74, 6) is 1.22. The van der Waals surface area contributed by atoms with Crippen molar-refractivity contribution >= 4 is 22.6 Å². The van der Waals surface area contributed by atoms with Crippen molar-refractivity contribution in [1.29, 1.82) is 0 Å². The molecular formula is C16H17NO2S. The average Bonchev–Trinajstić information content (AvgIpc) is 2.91. The molecular weight excluding hydrogens is 270 g/mol. The number of hydrogen-bond acceptors (Lipinski definition) is 4. The van der Waals surface area contributed by atoms with Gasteiger partial charge >= 0.3 is 0 Å². The number of aryl methyl sites for hydroxylation is 1. The number of rotatable bonds is 2. The predicted molar refractivity (Wildman–Crippen MR) is 82.6 cm³/mol. The fourth-order valence-corrected chi connectivity index (χ4v) is 3.72. The quantitative estimate of drug-likeness (QED) is 0.907. The Labute approximate surface area is 122 Å². The zero-order valence-corrected chi connectivity index (χ0v) is 12.2. The SMILES string of the molecule is Cc1cccc(C2CC(=O)C(C3=NCCS3)=C(O)C2)c1. The molecule has 0 bridgehead atoms. The summed E-state index contributed by atoms with van der Waals surface area (Å²) in [4.78, 5) is 16.7. The van der Waals surface area contributed by atoms with Crippen LogP contribution in [0.4, 0.5) is 0 Å². The second-order valence-electron chi connectivity index (χ2n) is 5.30. The summed E-state index contributed by atoms with van der Waals surface area (Å²) in [7, 11) is 0. The molecule has 1 atom stereocenters. The number of nitrogens with zero attached hydrogens (tertiary/aromatic N) is 1. The molecule has 1 aliphatic heterocycles. The van der Waals surface area contributed by atoms with Crippen molar-refractivity contribution in [2.24, 2.45) is 4.99 Å². The molecule has 1 aliphatic carbocycles. The maximum atomic E-state index is 12.3. The Morgan fingerprint density at radius 1 is 1.35 bits per heavy atom. The van der Waals surface area contributed by atoms with E-state index in [0.717, 1.165) is 22.9 Å². The van der Waals surface area contributed by atoms with Gasteiger partial charge in [-0.15, -0.1) is 11.8 Å². The molecule has 3 nitrogen and oxygen atoms in total. The van der Waals surface area contributed by atoms with Crippen LogP contribution in [0.5, 0.6) is 0 Å². The second kappa shape index (κ2) is 5.44. The Hall–Kier alpha value is -1.55. The van der Waals surface area contributed by atoms with Crippen molar-refractivity contribution in [1.82, 2.24) is 0 Å². The summed E-state index contributed by atoms with van der Waals surface area (Å²) < 4.78 is 0. The van der Waals surface area contributed by atoms with E-state index in [-0.39, 0.29) is 17.5 Å². The van der Waals surface area contributed by atoms with Crippen molar-refractivity contribution in [3.8, 4) is 0 Å². The molecule has 4 heteroatoms. The normalized spacial score (nSPS) is 23.1. The monoisotopic (exact) mass is 287 g/mol. The maximum Gasteiger partial charge on any atom is 0.169 e. The zero-order valence-electron chi connectivity index (χ0n) is 11.4. The van der Waals surface area contributed by atoms with Crippen LogP contribution in [0, 0.1) is 6.92 Å². The van der Waals surface area contributed by atoms with E-state index in [9.17, 15) is 9.90 Å². The van der Waals surface area contributed by atoms with Gasteiger partial charge in [0, 0.05) is 25.1 Å². The molecule has 1 aromatic carbocycles. The van der Waals surface area contributed by atoms with Crippen LogP contribution in [0.1, 0.15) is 29.9 Å². The number of hydrogen-bond donors (Lipinski definition) is 1.